The summed E-state index contributed by atoms with van der Waals surface area (Å²) in [7, 11) is 1.56. The summed E-state index contributed by atoms with van der Waals surface area (Å²) in [6.07, 6.45) is 0. The van der Waals surface area contributed by atoms with Gasteiger partial charge in [-0.25, -0.2) is 4.79 Å². The third-order valence-electron chi connectivity index (χ3n) is 2.72. The Morgan fingerprint density at radius 1 is 1.30 bits per heavy atom. The highest BCUT2D eigenvalue weighted by Crippen LogP contribution is 2.27. The molecule has 0 unspecified atom stereocenters. The molecule has 6 heteroatoms. The van der Waals surface area contributed by atoms with Crippen molar-refractivity contribution in [1.29, 1.82) is 0 Å². The number of halogens is 1. The van der Waals surface area contributed by atoms with Crippen LogP contribution in [0.15, 0.2) is 36.4 Å². The third kappa shape index (κ3) is 3.65. The summed E-state index contributed by atoms with van der Waals surface area (Å²) in [5.74, 6) is 0.620. The molecular formula is C14H15ClN2O2S. The Morgan fingerprint density at radius 3 is 2.70 bits per heavy atom. The number of carbonyl (C=O) groups excluding carboxylic acids is 1. The Balaban J connectivity index is 1.98. The number of amides is 2. The van der Waals surface area contributed by atoms with Gasteiger partial charge in [0.05, 0.1) is 23.2 Å². The Kier molecular flexibility index (Phi) is 4.87. The lowest BCUT2D eigenvalue weighted by Crippen LogP contribution is -2.30. The molecule has 0 aliphatic rings. The molecule has 4 nitrogen and oxygen atoms in total. The van der Waals surface area contributed by atoms with Crippen LogP contribution in [-0.4, -0.2) is 13.1 Å². The monoisotopic (exact) mass is 310 g/mol. The van der Waals surface area contributed by atoms with Gasteiger partial charge in [0.1, 0.15) is 5.75 Å². The van der Waals surface area contributed by atoms with E-state index in [1.807, 2.05) is 31.2 Å². The number of methoxy groups -OCH3 is 1. The number of hydrogen-bond donors (Lipinski definition) is 2. The summed E-state index contributed by atoms with van der Waals surface area (Å²) in [5.41, 5.74) is 0.629. The quantitative estimate of drug-likeness (QED) is 0.885. The smallest absolute Gasteiger partial charge is 0.319 e. The normalized spacial score (nSPS) is 11.8. The number of rotatable bonds is 4. The summed E-state index contributed by atoms with van der Waals surface area (Å²) >= 11 is 7.33. The van der Waals surface area contributed by atoms with E-state index in [9.17, 15) is 4.79 Å². The molecule has 0 aliphatic carbocycles. The topological polar surface area (TPSA) is 50.4 Å². The molecule has 0 bridgehead atoms. The van der Waals surface area contributed by atoms with Gasteiger partial charge in [-0.2, -0.15) is 0 Å². The van der Waals surface area contributed by atoms with Gasteiger partial charge in [0.25, 0.3) is 0 Å². The number of para-hydroxylation sites is 2. The second-order valence-electron chi connectivity index (χ2n) is 4.16. The fourth-order valence-electron chi connectivity index (χ4n) is 1.74. The molecule has 1 atom stereocenters. The lowest BCUT2D eigenvalue weighted by atomic mass is 10.3. The Morgan fingerprint density at radius 2 is 2.05 bits per heavy atom. The summed E-state index contributed by atoms with van der Waals surface area (Å²) in [5, 5.41) is 5.62. The van der Waals surface area contributed by atoms with Gasteiger partial charge in [0.15, 0.2) is 0 Å². The zero-order valence-electron chi connectivity index (χ0n) is 11.1. The highest BCUT2D eigenvalue weighted by Gasteiger charge is 2.12. The van der Waals surface area contributed by atoms with Crippen LogP contribution in [0.25, 0.3) is 0 Å². The maximum absolute atomic E-state index is 12.0. The summed E-state index contributed by atoms with van der Waals surface area (Å²) < 4.78 is 5.89. The fraction of sp³-hybridized carbons (Fsp3) is 0.214. The molecule has 0 radical (unpaired) electrons. The molecule has 2 N–H and O–H groups in total. The van der Waals surface area contributed by atoms with Gasteiger partial charge in [-0.3, -0.25) is 0 Å². The van der Waals surface area contributed by atoms with Crippen molar-refractivity contribution < 1.29 is 9.53 Å². The molecule has 106 valence electrons. The Labute approximate surface area is 126 Å². The SMILES string of the molecule is COc1ccccc1NC(=O)N[C@H](C)c1ccc(Cl)s1. The lowest BCUT2D eigenvalue weighted by Gasteiger charge is -2.14. The van der Waals surface area contributed by atoms with E-state index in [0.717, 1.165) is 4.88 Å². The third-order valence-corrected chi connectivity index (χ3v) is 4.14. The maximum Gasteiger partial charge on any atom is 0.319 e. The van der Waals surface area contributed by atoms with Crippen LogP contribution in [0.2, 0.25) is 4.34 Å². The van der Waals surface area contributed by atoms with Crippen LogP contribution in [0.5, 0.6) is 5.75 Å². The van der Waals surface area contributed by atoms with Gasteiger partial charge in [0.2, 0.25) is 0 Å². The fourth-order valence-corrected chi connectivity index (χ4v) is 2.80. The molecule has 0 fully saturated rings. The molecule has 2 amide bonds. The van der Waals surface area contributed by atoms with Crippen LogP contribution in [0, 0.1) is 0 Å². The molecule has 0 aliphatic heterocycles. The van der Waals surface area contributed by atoms with Crippen LogP contribution < -0.4 is 15.4 Å². The van der Waals surface area contributed by atoms with Gasteiger partial charge in [-0.05, 0) is 31.2 Å². The largest absolute Gasteiger partial charge is 0.495 e. The average Bonchev–Trinajstić information content (AvgIpc) is 2.86. The number of carbonyl (C=O) groups is 1. The maximum atomic E-state index is 12.0. The van der Waals surface area contributed by atoms with Crippen molar-refractivity contribution in [2.24, 2.45) is 0 Å². The summed E-state index contributed by atoms with van der Waals surface area (Å²) in [6.45, 7) is 1.91. The van der Waals surface area contributed by atoms with Crippen molar-refractivity contribution in [1.82, 2.24) is 5.32 Å². The molecule has 1 aromatic carbocycles. The van der Waals surface area contributed by atoms with Crippen LogP contribution in [0.4, 0.5) is 10.5 Å². The second-order valence-corrected chi connectivity index (χ2v) is 5.91. The van der Waals surface area contributed by atoms with Gasteiger partial charge in [-0.1, -0.05) is 23.7 Å². The van der Waals surface area contributed by atoms with Crippen LogP contribution in [0.1, 0.15) is 17.8 Å². The highest BCUT2D eigenvalue weighted by molar-refractivity contribution is 7.16. The number of urea groups is 1. The average molecular weight is 311 g/mol. The Bertz CT molecular complexity index is 600. The standard InChI is InChI=1S/C14H15ClN2O2S/c1-9(12-7-8-13(15)20-12)16-14(18)17-10-5-3-4-6-11(10)19-2/h3-9H,1-2H3,(H2,16,17,18)/t9-/m1/s1. The molecule has 2 rings (SSSR count). The number of nitrogens with one attached hydrogen (secondary N) is 2. The van der Waals surface area contributed by atoms with Crippen LogP contribution in [-0.2, 0) is 0 Å². The number of benzene rings is 1. The second kappa shape index (κ2) is 6.63. The van der Waals surface area contributed by atoms with E-state index in [1.54, 1.807) is 19.2 Å². The number of thiophene rings is 1. The number of ether oxygens (including phenoxy) is 1. The molecular weight excluding hydrogens is 296 g/mol. The van der Waals surface area contributed by atoms with E-state index in [2.05, 4.69) is 10.6 Å². The van der Waals surface area contributed by atoms with Crippen molar-refractivity contribution in [2.75, 3.05) is 12.4 Å². The number of hydrogen-bond acceptors (Lipinski definition) is 3. The molecule has 1 heterocycles. The highest BCUT2D eigenvalue weighted by atomic mass is 35.5. The zero-order valence-corrected chi connectivity index (χ0v) is 12.7. The minimum Gasteiger partial charge on any atom is -0.495 e. The first-order valence-corrected chi connectivity index (χ1v) is 7.25. The molecule has 20 heavy (non-hydrogen) atoms. The van der Waals surface area contributed by atoms with E-state index in [1.165, 1.54) is 11.3 Å². The van der Waals surface area contributed by atoms with Crippen molar-refractivity contribution in [3.8, 4) is 5.75 Å². The van der Waals surface area contributed by atoms with E-state index >= 15 is 0 Å². The van der Waals surface area contributed by atoms with Crippen molar-refractivity contribution in [2.45, 2.75) is 13.0 Å². The van der Waals surface area contributed by atoms with E-state index in [-0.39, 0.29) is 12.1 Å². The minimum atomic E-state index is -0.286. The molecule has 0 saturated carbocycles. The summed E-state index contributed by atoms with van der Waals surface area (Å²) in [6, 6.07) is 10.6. The minimum absolute atomic E-state index is 0.109. The van der Waals surface area contributed by atoms with E-state index in [0.29, 0.717) is 15.8 Å². The predicted molar refractivity (Wildman–Crippen MR) is 82.9 cm³/mol. The van der Waals surface area contributed by atoms with Crippen molar-refractivity contribution >= 4 is 34.7 Å². The predicted octanol–water partition coefficient (Wildman–Crippen LogP) is 4.29. The number of anilines is 1. The van der Waals surface area contributed by atoms with Crippen molar-refractivity contribution in [3.05, 3.63) is 45.6 Å². The van der Waals surface area contributed by atoms with Crippen LogP contribution >= 0.6 is 22.9 Å². The first-order valence-electron chi connectivity index (χ1n) is 6.06. The van der Waals surface area contributed by atoms with Gasteiger partial charge >= 0.3 is 6.03 Å². The summed E-state index contributed by atoms with van der Waals surface area (Å²) in [4.78, 5) is 13.0. The molecule has 0 saturated heterocycles. The molecule has 1 aromatic heterocycles. The van der Waals surface area contributed by atoms with Crippen LogP contribution in [0.3, 0.4) is 0 Å². The first kappa shape index (κ1) is 14.7. The van der Waals surface area contributed by atoms with E-state index in [4.69, 9.17) is 16.3 Å². The Hall–Kier alpha value is -1.72. The van der Waals surface area contributed by atoms with E-state index < -0.39 is 0 Å². The van der Waals surface area contributed by atoms with Gasteiger partial charge in [0, 0.05) is 4.88 Å². The lowest BCUT2D eigenvalue weighted by molar-refractivity contribution is 0.249. The molecule has 2 aromatic rings. The first-order chi connectivity index (χ1) is 9.60. The van der Waals surface area contributed by atoms with Crippen molar-refractivity contribution in [3.63, 3.8) is 0 Å². The molecule has 0 spiro atoms. The zero-order chi connectivity index (χ0) is 14.5. The van der Waals surface area contributed by atoms with Gasteiger partial charge < -0.3 is 15.4 Å². The van der Waals surface area contributed by atoms with Gasteiger partial charge in [-0.15, -0.1) is 11.3 Å².